The Kier molecular flexibility index (Phi) is 5.32. The normalized spacial score (nSPS) is 12.9. The van der Waals surface area contributed by atoms with Gasteiger partial charge in [-0.3, -0.25) is 4.79 Å². The zero-order chi connectivity index (χ0) is 18.9. The number of amides is 1. The summed E-state index contributed by atoms with van der Waals surface area (Å²) in [6.45, 7) is 1.84. The van der Waals surface area contributed by atoms with Crippen LogP contribution < -0.4 is 0 Å². The molecule has 2 aromatic carbocycles. The van der Waals surface area contributed by atoms with Gasteiger partial charge in [0.25, 0.3) is 0 Å². The van der Waals surface area contributed by atoms with Crippen LogP contribution in [0, 0.1) is 0 Å². The van der Waals surface area contributed by atoms with E-state index in [1.807, 2.05) is 31.2 Å². The first-order valence-electron chi connectivity index (χ1n) is 7.87. The predicted octanol–water partition coefficient (Wildman–Crippen LogP) is 3.94. The fourth-order valence-electron chi connectivity index (χ4n) is 2.44. The molecule has 0 aliphatic rings. The van der Waals surface area contributed by atoms with Gasteiger partial charge in [-0.25, -0.2) is 13.4 Å². The summed E-state index contributed by atoms with van der Waals surface area (Å²) in [7, 11) is -2.13. The van der Waals surface area contributed by atoms with Crippen molar-refractivity contribution in [2.75, 3.05) is 12.8 Å². The molecule has 0 aliphatic carbocycles. The van der Waals surface area contributed by atoms with E-state index in [-0.39, 0.29) is 10.9 Å². The van der Waals surface area contributed by atoms with Crippen LogP contribution in [-0.2, 0) is 14.6 Å². The van der Waals surface area contributed by atoms with Gasteiger partial charge in [0, 0.05) is 12.1 Å². The largest absolute Gasteiger partial charge is 0.336 e. The van der Waals surface area contributed by atoms with E-state index in [0.29, 0.717) is 5.02 Å². The van der Waals surface area contributed by atoms with Crippen molar-refractivity contribution < 1.29 is 13.2 Å². The van der Waals surface area contributed by atoms with Crippen LogP contribution >= 0.6 is 22.9 Å². The quantitative estimate of drug-likeness (QED) is 0.641. The number of sulfone groups is 1. The second kappa shape index (κ2) is 7.34. The SMILES string of the molecule is C[C@@H](c1nc2ccccc2s1)N(C)C(=O)CS(=O)(=O)c1ccc(Cl)cc1. The first kappa shape index (κ1) is 18.8. The summed E-state index contributed by atoms with van der Waals surface area (Å²) >= 11 is 7.28. The number of benzene rings is 2. The Bertz CT molecular complexity index is 1010. The van der Waals surface area contributed by atoms with Crippen molar-refractivity contribution in [3.63, 3.8) is 0 Å². The third kappa shape index (κ3) is 3.90. The molecule has 3 aromatic rings. The van der Waals surface area contributed by atoms with Crippen molar-refractivity contribution in [1.29, 1.82) is 0 Å². The van der Waals surface area contributed by atoms with Crippen molar-refractivity contribution in [3.8, 4) is 0 Å². The molecule has 0 aliphatic heterocycles. The van der Waals surface area contributed by atoms with Crippen LogP contribution in [0.3, 0.4) is 0 Å². The molecule has 136 valence electrons. The fraction of sp³-hybridized carbons (Fsp3) is 0.222. The third-order valence-electron chi connectivity index (χ3n) is 4.13. The molecule has 8 heteroatoms. The Balaban J connectivity index is 1.77. The zero-order valence-electron chi connectivity index (χ0n) is 14.2. The van der Waals surface area contributed by atoms with Gasteiger partial charge in [-0.15, -0.1) is 11.3 Å². The number of hydrogen-bond acceptors (Lipinski definition) is 5. The third-order valence-corrected chi connectivity index (χ3v) is 7.20. The van der Waals surface area contributed by atoms with Gasteiger partial charge in [0.05, 0.1) is 21.2 Å². The second-order valence-electron chi connectivity index (χ2n) is 5.91. The number of rotatable bonds is 5. The maximum atomic E-state index is 12.5. The van der Waals surface area contributed by atoms with Gasteiger partial charge in [-0.1, -0.05) is 23.7 Å². The Morgan fingerprint density at radius 3 is 2.50 bits per heavy atom. The lowest BCUT2D eigenvalue weighted by atomic mass is 10.3. The van der Waals surface area contributed by atoms with Gasteiger partial charge in [-0.2, -0.15) is 0 Å². The number of thiazole rings is 1. The minimum Gasteiger partial charge on any atom is -0.336 e. The minimum atomic E-state index is -3.73. The van der Waals surface area contributed by atoms with Gasteiger partial charge >= 0.3 is 0 Å². The molecule has 0 bridgehead atoms. The first-order valence-corrected chi connectivity index (χ1v) is 10.7. The molecular formula is C18H17ClN2O3S2. The van der Waals surface area contributed by atoms with Crippen molar-refractivity contribution in [2.24, 2.45) is 0 Å². The highest BCUT2D eigenvalue weighted by Crippen LogP contribution is 2.29. The molecular weight excluding hydrogens is 392 g/mol. The number of halogens is 1. The average Bonchev–Trinajstić information content (AvgIpc) is 3.04. The molecule has 0 N–H and O–H groups in total. The standard InChI is InChI=1S/C18H17ClN2O3S2/c1-12(18-20-15-5-3-4-6-16(15)25-18)21(2)17(22)11-26(23,24)14-9-7-13(19)8-10-14/h3-10,12H,11H2,1-2H3/t12-/m0/s1. The van der Waals surface area contributed by atoms with E-state index in [0.717, 1.165) is 15.2 Å². The monoisotopic (exact) mass is 408 g/mol. The first-order chi connectivity index (χ1) is 12.3. The van der Waals surface area contributed by atoms with Crippen LogP contribution in [0.4, 0.5) is 0 Å². The van der Waals surface area contributed by atoms with E-state index < -0.39 is 21.5 Å². The Morgan fingerprint density at radius 1 is 1.19 bits per heavy atom. The molecule has 0 saturated carbocycles. The molecule has 1 amide bonds. The van der Waals surface area contributed by atoms with E-state index in [1.54, 1.807) is 7.05 Å². The molecule has 1 atom stereocenters. The Labute approximate surface area is 161 Å². The highest BCUT2D eigenvalue weighted by Gasteiger charge is 2.26. The summed E-state index contributed by atoms with van der Waals surface area (Å²) in [6.07, 6.45) is 0. The summed E-state index contributed by atoms with van der Waals surface area (Å²) in [6, 6.07) is 13.2. The van der Waals surface area contributed by atoms with Crippen molar-refractivity contribution in [3.05, 3.63) is 58.6 Å². The van der Waals surface area contributed by atoms with Gasteiger partial charge < -0.3 is 4.90 Å². The van der Waals surface area contributed by atoms with Gasteiger partial charge in [0.15, 0.2) is 9.84 Å². The minimum absolute atomic E-state index is 0.0799. The van der Waals surface area contributed by atoms with Gasteiger partial charge in [0.1, 0.15) is 10.8 Å². The summed E-state index contributed by atoms with van der Waals surface area (Å²) in [4.78, 5) is 18.6. The van der Waals surface area contributed by atoms with Crippen molar-refractivity contribution in [1.82, 2.24) is 9.88 Å². The Morgan fingerprint density at radius 2 is 1.85 bits per heavy atom. The average molecular weight is 409 g/mol. The van der Waals surface area contributed by atoms with E-state index >= 15 is 0 Å². The van der Waals surface area contributed by atoms with Crippen LogP contribution in [0.25, 0.3) is 10.2 Å². The molecule has 3 rings (SSSR count). The van der Waals surface area contributed by atoms with E-state index in [9.17, 15) is 13.2 Å². The molecule has 1 heterocycles. The highest BCUT2D eigenvalue weighted by atomic mass is 35.5. The molecule has 0 unspecified atom stereocenters. The van der Waals surface area contributed by atoms with Crippen LogP contribution in [-0.4, -0.2) is 37.0 Å². The maximum absolute atomic E-state index is 12.5. The molecule has 0 fully saturated rings. The van der Waals surface area contributed by atoms with Crippen LogP contribution in [0.1, 0.15) is 18.0 Å². The lowest BCUT2D eigenvalue weighted by Gasteiger charge is -2.23. The summed E-state index contributed by atoms with van der Waals surface area (Å²) in [5.41, 5.74) is 0.869. The number of fused-ring (bicyclic) bond motifs is 1. The lowest BCUT2D eigenvalue weighted by Crippen LogP contribution is -2.34. The lowest BCUT2D eigenvalue weighted by molar-refractivity contribution is -0.129. The number of para-hydroxylation sites is 1. The summed E-state index contributed by atoms with van der Waals surface area (Å²) in [5, 5.41) is 1.21. The van der Waals surface area contributed by atoms with Crippen LogP contribution in [0.2, 0.25) is 5.02 Å². The van der Waals surface area contributed by atoms with Crippen LogP contribution in [0.15, 0.2) is 53.4 Å². The van der Waals surface area contributed by atoms with Crippen molar-refractivity contribution >= 4 is 48.9 Å². The second-order valence-corrected chi connectivity index (χ2v) is 9.40. The van der Waals surface area contributed by atoms with Gasteiger partial charge in [-0.05, 0) is 43.3 Å². The number of carbonyl (C=O) groups excluding carboxylic acids is 1. The number of hydrogen-bond donors (Lipinski definition) is 0. The molecule has 0 saturated heterocycles. The molecule has 0 spiro atoms. The van der Waals surface area contributed by atoms with E-state index in [2.05, 4.69) is 4.98 Å². The number of carbonyl (C=O) groups is 1. The number of nitrogens with zero attached hydrogens (tertiary/aromatic N) is 2. The van der Waals surface area contributed by atoms with Crippen LogP contribution in [0.5, 0.6) is 0 Å². The van der Waals surface area contributed by atoms with E-state index in [4.69, 9.17) is 11.6 Å². The maximum Gasteiger partial charge on any atom is 0.238 e. The predicted molar refractivity (Wildman–Crippen MR) is 104 cm³/mol. The molecule has 26 heavy (non-hydrogen) atoms. The fourth-order valence-corrected chi connectivity index (χ4v) is 4.88. The zero-order valence-corrected chi connectivity index (χ0v) is 16.6. The topological polar surface area (TPSA) is 67.3 Å². The summed E-state index contributed by atoms with van der Waals surface area (Å²) < 4.78 is 25.9. The summed E-state index contributed by atoms with van der Waals surface area (Å²) in [5.74, 6) is -1.08. The molecule has 0 radical (unpaired) electrons. The molecule has 1 aromatic heterocycles. The van der Waals surface area contributed by atoms with E-state index in [1.165, 1.54) is 40.5 Å². The highest BCUT2D eigenvalue weighted by molar-refractivity contribution is 7.92. The number of aromatic nitrogens is 1. The molecule has 5 nitrogen and oxygen atoms in total. The smallest absolute Gasteiger partial charge is 0.238 e. The Hall–Kier alpha value is -1.96. The van der Waals surface area contributed by atoms with Crippen molar-refractivity contribution in [2.45, 2.75) is 17.9 Å². The van der Waals surface area contributed by atoms with Gasteiger partial charge in [0.2, 0.25) is 5.91 Å².